The maximum absolute atomic E-state index is 6.16. The van der Waals surface area contributed by atoms with Crippen molar-refractivity contribution in [1.29, 1.82) is 0 Å². The summed E-state index contributed by atoms with van der Waals surface area (Å²) >= 11 is 0. The standard InChI is InChI=1S/C17H19N5/c18-16-15-14(12-5-2-1-3-6-12)10-22(17(15)21-11-20-16)13-7-4-8-19-9-13/h1-3,5-6,10-11,13,19H,4,7-9H2,(H2,18,20,21). The van der Waals surface area contributed by atoms with Gasteiger partial charge in [-0.05, 0) is 24.9 Å². The van der Waals surface area contributed by atoms with E-state index in [1.165, 1.54) is 6.42 Å². The monoisotopic (exact) mass is 293 g/mol. The zero-order valence-electron chi connectivity index (χ0n) is 12.4. The highest BCUT2D eigenvalue weighted by atomic mass is 15.1. The molecule has 0 saturated carbocycles. The van der Waals surface area contributed by atoms with Crippen LogP contribution in [0.25, 0.3) is 22.2 Å². The zero-order valence-corrected chi connectivity index (χ0v) is 12.4. The predicted octanol–water partition coefficient (Wildman–Crippen LogP) is 2.61. The first-order valence-electron chi connectivity index (χ1n) is 7.72. The highest BCUT2D eigenvalue weighted by Crippen LogP contribution is 2.35. The van der Waals surface area contributed by atoms with Gasteiger partial charge in [-0.3, -0.25) is 0 Å². The Morgan fingerprint density at radius 1 is 1.18 bits per heavy atom. The lowest BCUT2D eigenvalue weighted by molar-refractivity contribution is 0.378. The number of fused-ring (bicyclic) bond motifs is 1. The van der Waals surface area contributed by atoms with Crippen LogP contribution in [0, 0.1) is 0 Å². The SMILES string of the molecule is Nc1ncnc2c1c(-c1ccccc1)cn2C1CCCNC1. The topological polar surface area (TPSA) is 68.8 Å². The Balaban J connectivity index is 1.93. The van der Waals surface area contributed by atoms with E-state index in [0.717, 1.165) is 41.7 Å². The quantitative estimate of drug-likeness (QED) is 0.762. The lowest BCUT2D eigenvalue weighted by Gasteiger charge is -2.24. The Morgan fingerprint density at radius 3 is 2.82 bits per heavy atom. The fourth-order valence-electron chi connectivity index (χ4n) is 3.29. The number of nitrogen functional groups attached to an aromatic ring is 1. The summed E-state index contributed by atoms with van der Waals surface area (Å²) in [5.41, 5.74) is 9.35. The molecule has 1 aliphatic heterocycles. The molecule has 1 aliphatic rings. The molecular weight excluding hydrogens is 274 g/mol. The largest absolute Gasteiger partial charge is 0.383 e. The Bertz CT molecular complexity index is 787. The summed E-state index contributed by atoms with van der Waals surface area (Å²) in [7, 11) is 0. The van der Waals surface area contributed by atoms with Crippen LogP contribution in [-0.2, 0) is 0 Å². The number of hydrogen-bond acceptors (Lipinski definition) is 4. The third-order valence-electron chi connectivity index (χ3n) is 4.39. The molecule has 3 heterocycles. The van der Waals surface area contributed by atoms with Gasteiger partial charge < -0.3 is 15.6 Å². The van der Waals surface area contributed by atoms with E-state index in [1.54, 1.807) is 6.33 Å². The molecule has 1 saturated heterocycles. The van der Waals surface area contributed by atoms with E-state index in [2.05, 4.69) is 38.2 Å². The third-order valence-corrected chi connectivity index (χ3v) is 4.39. The Labute approximate surface area is 129 Å². The van der Waals surface area contributed by atoms with Crippen molar-refractivity contribution < 1.29 is 0 Å². The molecule has 0 spiro atoms. The Kier molecular flexibility index (Phi) is 3.27. The van der Waals surface area contributed by atoms with Crippen LogP contribution in [0.15, 0.2) is 42.9 Å². The first-order chi connectivity index (χ1) is 10.8. The fourth-order valence-corrected chi connectivity index (χ4v) is 3.29. The van der Waals surface area contributed by atoms with E-state index >= 15 is 0 Å². The molecule has 0 amide bonds. The summed E-state index contributed by atoms with van der Waals surface area (Å²) < 4.78 is 2.27. The number of benzene rings is 1. The van der Waals surface area contributed by atoms with Gasteiger partial charge in [0.25, 0.3) is 0 Å². The van der Waals surface area contributed by atoms with E-state index in [4.69, 9.17) is 5.73 Å². The van der Waals surface area contributed by atoms with Crippen LogP contribution in [-0.4, -0.2) is 27.6 Å². The first kappa shape index (κ1) is 13.3. The molecule has 0 bridgehead atoms. The number of hydrogen-bond donors (Lipinski definition) is 2. The highest BCUT2D eigenvalue weighted by molar-refractivity contribution is 6.00. The van der Waals surface area contributed by atoms with Gasteiger partial charge in [0, 0.05) is 24.3 Å². The Hall–Kier alpha value is -2.40. The second-order valence-corrected chi connectivity index (χ2v) is 5.77. The Morgan fingerprint density at radius 2 is 2.05 bits per heavy atom. The van der Waals surface area contributed by atoms with E-state index in [-0.39, 0.29) is 0 Å². The van der Waals surface area contributed by atoms with Gasteiger partial charge in [0.2, 0.25) is 0 Å². The molecule has 1 unspecified atom stereocenters. The number of rotatable bonds is 2. The van der Waals surface area contributed by atoms with Crippen molar-refractivity contribution in [3.63, 3.8) is 0 Å². The lowest BCUT2D eigenvalue weighted by atomic mass is 10.1. The summed E-state index contributed by atoms with van der Waals surface area (Å²) in [6.45, 7) is 2.07. The summed E-state index contributed by atoms with van der Waals surface area (Å²) in [6.07, 6.45) is 6.09. The maximum Gasteiger partial charge on any atom is 0.146 e. The van der Waals surface area contributed by atoms with E-state index in [0.29, 0.717) is 11.9 Å². The number of nitrogens with zero attached hydrogens (tertiary/aromatic N) is 3. The normalized spacial score (nSPS) is 18.6. The first-order valence-corrected chi connectivity index (χ1v) is 7.72. The highest BCUT2D eigenvalue weighted by Gasteiger charge is 2.21. The summed E-state index contributed by atoms with van der Waals surface area (Å²) in [5.74, 6) is 0.548. The fraction of sp³-hybridized carbons (Fsp3) is 0.294. The number of anilines is 1. The second-order valence-electron chi connectivity index (χ2n) is 5.77. The van der Waals surface area contributed by atoms with Crippen molar-refractivity contribution in [2.24, 2.45) is 0 Å². The van der Waals surface area contributed by atoms with Crippen molar-refractivity contribution >= 4 is 16.9 Å². The molecule has 4 rings (SSSR count). The molecule has 5 nitrogen and oxygen atoms in total. The van der Waals surface area contributed by atoms with Crippen LogP contribution >= 0.6 is 0 Å². The summed E-state index contributed by atoms with van der Waals surface area (Å²) in [5, 5.41) is 4.42. The molecular formula is C17H19N5. The molecule has 0 aliphatic carbocycles. The molecule has 1 aromatic carbocycles. The van der Waals surface area contributed by atoms with Gasteiger partial charge in [0.05, 0.1) is 5.39 Å². The van der Waals surface area contributed by atoms with Crippen LogP contribution in [0.2, 0.25) is 0 Å². The van der Waals surface area contributed by atoms with Gasteiger partial charge in [-0.1, -0.05) is 30.3 Å². The van der Waals surface area contributed by atoms with Crippen LogP contribution in [0.5, 0.6) is 0 Å². The summed E-state index contributed by atoms with van der Waals surface area (Å²) in [4.78, 5) is 8.70. The number of piperidine rings is 1. The second kappa shape index (κ2) is 5.42. The van der Waals surface area contributed by atoms with Crippen LogP contribution in [0.4, 0.5) is 5.82 Å². The van der Waals surface area contributed by atoms with Crippen LogP contribution in [0.3, 0.4) is 0 Å². The van der Waals surface area contributed by atoms with Crippen molar-refractivity contribution in [1.82, 2.24) is 19.9 Å². The van der Waals surface area contributed by atoms with Crippen molar-refractivity contribution in [3.05, 3.63) is 42.9 Å². The zero-order chi connectivity index (χ0) is 14.9. The average Bonchev–Trinajstić information content (AvgIpc) is 2.98. The van der Waals surface area contributed by atoms with Gasteiger partial charge in [-0.15, -0.1) is 0 Å². The lowest BCUT2D eigenvalue weighted by Crippen LogP contribution is -2.31. The van der Waals surface area contributed by atoms with Gasteiger partial charge in [-0.2, -0.15) is 0 Å². The van der Waals surface area contributed by atoms with E-state index < -0.39 is 0 Å². The minimum absolute atomic E-state index is 0.419. The minimum atomic E-state index is 0.419. The molecule has 112 valence electrons. The van der Waals surface area contributed by atoms with Gasteiger partial charge in [-0.25, -0.2) is 9.97 Å². The molecule has 0 radical (unpaired) electrons. The van der Waals surface area contributed by atoms with E-state index in [1.807, 2.05) is 18.2 Å². The smallest absolute Gasteiger partial charge is 0.146 e. The molecule has 1 fully saturated rings. The van der Waals surface area contributed by atoms with Gasteiger partial charge in [0.1, 0.15) is 17.8 Å². The molecule has 1 atom stereocenters. The van der Waals surface area contributed by atoms with Gasteiger partial charge in [0.15, 0.2) is 0 Å². The maximum atomic E-state index is 6.16. The molecule has 5 heteroatoms. The molecule has 22 heavy (non-hydrogen) atoms. The number of aromatic nitrogens is 3. The number of nitrogens with one attached hydrogen (secondary N) is 1. The minimum Gasteiger partial charge on any atom is -0.383 e. The van der Waals surface area contributed by atoms with Crippen molar-refractivity contribution in [2.45, 2.75) is 18.9 Å². The molecule has 2 aromatic heterocycles. The van der Waals surface area contributed by atoms with Crippen LogP contribution < -0.4 is 11.1 Å². The van der Waals surface area contributed by atoms with Crippen LogP contribution in [0.1, 0.15) is 18.9 Å². The van der Waals surface area contributed by atoms with Crippen molar-refractivity contribution in [3.8, 4) is 11.1 Å². The average molecular weight is 293 g/mol. The van der Waals surface area contributed by atoms with Gasteiger partial charge >= 0.3 is 0 Å². The molecule has 3 N–H and O–H groups in total. The number of nitrogens with two attached hydrogens (primary N) is 1. The predicted molar refractivity (Wildman–Crippen MR) is 88.5 cm³/mol. The molecule has 3 aromatic rings. The van der Waals surface area contributed by atoms with Crippen molar-refractivity contribution in [2.75, 3.05) is 18.8 Å². The summed E-state index contributed by atoms with van der Waals surface area (Å²) in [6, 6.07) is 10.7. The van der Waals surface area contributed by atoms with E-state index in [9.17, 15) is 0 Å². The third kappa shape index (κ3) is 2.14.